The summed E-state index contributed by atoms with van der Waals surface area (Å²) >= 11 is 12.0. The first-order valence-corrected chi connectivity index (χ1v) is 7.89. The zero-order valence-corrected chi connectivity index (χ0v) is 14.1. The van der Waals surface area contributed by atoms with E-state index >= 15 is 0 Å². The minimum Gasteiger partial charge on any atom is -0.272 e. The summed E-state index contributed by atoms with van der Waals surface area (Å²) in [6.07, 6.45) is 1.14. The molecule has 2 N–H and O–H groups in total. The molecule has 0 spiro atoms. The molecule has 1 heterocycles. The quantitative estimate of drug-likeness (QED) is 0.526. The fourth-order valence-corrected chi connectivity index (χ4v) is 2.54. The van der Waals surface area contributed by atoms with E-state index in [1.165, 1.54) is 18.2 Å². The zero-order chi connectivity index (χ0) is 17.8. The van der Waals surface area contributed by atoms with Gasteiger partial charge in [-0.05, 0) is 24.3 Å². The second-order valence-electron chi connectivity index (χ2n) is 4.98. The van der Waals surface area contributed by atoms with Crippen molar-refractivity contribution >= 4 is 35.3 Å². The van der Waals surface area contributed by atoms with Crippen molar-refractivity contribution in [2.24, 2.45) is 5.10 Å². The lowest BCUT2D eigenvalue weighted by Gasteiger charge is -1.99. The van der Waals surface area contributed by atoms with Crippen molar-refractivity contribution < 1.29 is 9.18 Å². The number of aromatic amines is 1. The van der Waals surface area contributed by atoms with Crippen LogP contribution in [-0.4, -0.2) is 22.3 Å². The third kappa shape index (κ3) is 3.87. The fourth-order valence-electron chi connectivity index (χ4n) is 2.09. The van der Waals surface area contributed by atoms with E-state index in [1.807, 2.05) is 6.07 Å². The molecule has 3 aromatic rings. The van der Waals surface area contributed by atoms with Gasteiger partial charge in [0.25, 0.3) is 5.91 Å². The lowest BCUT2D eigenvalue weighted by atomic mass is 10.1. The zero-order valence-electron chi connectivity index (χ0n) is 12.6. The summed E-state index contributed by atoms with van der Waals surface area (Å²) in [4.78, 5) is 12.1. The lowest BCUT2D eigenvalue weighted by molar-refractivity contribution is 0.0950. The predicted molar refractivity (Wildman–Crippen MR) is 95.5 cm³/mol. The molecular formula is C17H11Cl2FN4O. The molecule has 3 rings (SSSR count). The molecular weight excluding hydrogens is 366 g/mol. The molecule has 0 aliphatic carbocycles. The van der Waals surface area contributed by atoms with Crippen LogP contribution in [0, 0.1) is 5.82 Å². The highest BCUT2D eigenvalue weighted by molar-refractivity contribution is 6.33. The molecule has 8 heteroatoms. The standard InChI is InChI=1S/C17H11Cl2FN4O/c18-12-5-2-1-4-10(12)15-8-16(23-22-15)17(25)24-21-9-11-13(19)6-3-7-14(11)20/h1-9H,(H,22,23)(H,24,25). The van der Waals surface area contributed by atoms with Gasteiger partial charge in [-0.15, -0.1) is 0 Å². The van der Waals surface area contributed by atoms with E-state index in [0.717, 1.165) is 6.21 Å². The van der Waals surface area contributed by atoms with Crippen LogP contribution in [0.5, 0.6) is 0 Å². The Morgan fingerprint density at radius 2 is 1.92 bits per heavy atom. The SMILES string of the molecule is O=C(NN=Cc1c(F)cccc1Cl)c1cc(-c2ccccc2Cl)n[nH]1. The third-order valence-corrected chi connectivity index (χ3v) is 3.99. The highest BCUT2D eigenvalue weighted by Crippen LogP contribution is 2.26. The topological polar surface area (TPSA) is 70.1 Å². The van der Waals surface area contributed by atoms with Crippen molar-refractivity contribution in [3.05, 3.63) is 75.7 Å². The second kappa shape index (κ2) is 7.46. The van der Waals surface area contributed by atoms with E-state index in [1.54, 1.807) is 24.3 Å². The van der Waals surface area contributed by atoms with Gasteiger partial charge in [0, 0.05) is 11.1 Å². The number of hydrogen-bond donors (Lipinski definition) is 2. The van der Waals surface area contributed by atoms with Crippen LogP contribution in [0.1, 0.15) is 16.1 Å². The number of carbonyl (C=O) groups is 1. The minimum absolute atomic E-state index is 0.0887. The van der Waals surface area contributed by atoms with Crippen LogP contribution in [0.2, 0.25) is 10.0 Å². The van der Waals surface area contributed by atoms with Gasteiger partial charge in [-0.25, -0.2) is 9.82 Å². The molecule has 0 radical (unpaired) electrons. The van der Waals surface area contributed by atoms with Crippen LogP contribution >= 0.6 is 23.2 Å². The van der Waals surface area contributed by atoms with Gasteiger partial charge in [-0.3, -0.25) is 9.89 Å². The monoisotopic (exact) mass is 376 g/mol. The van der Waals surface area contributed by atoms with Gasteiger partial charge < -0.3 is 0 Å². The summed E-state index contributed by atoms with van der Waals surface area (Å²) in [6.45, 7) is 0. The number of hydrogen-bond acceptors (Lipinski definition) is 3. The molecule has 25 heavy (non-hydrogen) atoms. The third-order valence-electron chi connectivity index (χ3n) is 3.33. The smallest absolute Gasteiger partial charge is 0.272 e. The Bertz CT molecular complexity index is 935. The number of carbonyl (C=O) groups excluding carboxylic acids is 1. The van der Waals surface area contributed by atoms with E-state index < -0.39 is 11.7 Å². The average molecular weight is 377 g/mol. The van der Waals surface area contributed by atoms with Gasteiger partial charge in [-0.1, -0.05) is 47.5 Å². The Kier molecular flexibility index (Phi) is 5.11. The maximum atomic E-state index is 13.6. The van der Waals surface area contributed by atoms with Crippen molar-refractivity contribution in [3.63, 3.8) is 0 Å². The highest BCUT2D eigenvalue weighted by Gasteiger charge is 2.12. The average Bonchev–Trinajstić information content (AvgIpc) is 3.08. The van der Waals surface area contributed by atoms with Crippen LogP contribution in [0.25, 0.3) is 11.3 Å². The van der Waals surface area contributed by atoms with Crippen molar-refractivity contribution in [1.82, 2.24) is 15.6 Å². The number of nitrogens with one attached hydrogen (secondary N) is 2. The first-order chi connectivity index (χ1) is 12.1. The highest BCUT2D eigenvalue weighted by atomic mass is 35.5. The number of benzene rings is 2. The maximum absolute atomic E-state index is 13.6. The van der Waals surface area contributed by atoms with Crippen LogP contribution in [-0.2, 0) is 0 Å². The molecule has 2 aromatic carbocycles. The first kappa shape index (κ1) is 17.1. The Labute approximate surface area is 152 Å². The van der Waals surface area contributed by atoms with E-state index in [-0.39, 0.29) is 16.3 Å². The van der Waals surface area contributed by atoms with Crippen LogP contribution in [0.3, 0.4) is 0 Å². The predicted octanol–water partition coefficient (Wildman–Crippen LogP) is 4.29. The van der Waals surface area contributed by atoms with Crippen molar-refractivity contribution in [2.75, 3.05) is 0 Å². The number of rotatable bonds is 4. The number of amides is 1. The summed E-state index contributed by atoms with van der Waals surface area (Å²) in [5.41, 5.74) is 3.78. The maximum Gasteiger partial charge on any atom is 0.289 e. The number of hydrazone groups is 1. The van der Waals surface area contributed by atoms with Gasteiger partial charge in [-0.2, -0.15) is 10.2 Å². The molecule has 126 valence electrons. The molecule has 0 aliphatic heterocycles. The van der Waals surface area contributed by atoms with Crippen LogP contribution in [0.4, 0.5) is 4.39 Å². The molecule has 5 nitrogen and oxygen atoms in total. The van der Waals surface area contributed by atoms with Gasteiger partial charge in [0.2, 0.25) is 0 Å². The van der Waals surface area contributed by atoms with Gasteiger partial charge in [0.05, 0.1) is 22.0 Å². The molecule has 0 fully saturated rings. The summed E-state index contributed by atoms with van der Waals surface area (Å²) in [7, 11) is 0. The Hall–Kier alpha value is -2.70. The molecule has 0 saturated carbocycles. The first-order valence-electron chi connectivity index (χ1n) is 7.14. The van der Waals surface area contributed by atoms with E-state index in [2.05, 4.69) is 20.7 Å². The molecule has 1 amide bonds. The second-order valence-corrected chi connectivity index (χ2v) is 5.80. The molecule has 0 saturated heterocycles. The van der Waals surface area contributed by atoms with Crippen molar-refractivity contribution in [2.45, 2.75) is 0 Å². The summed E-state index contributed by atoms with van der Waals surface area (Å²) < 4.78 is 13.6. The molecule has 0 unspecified atom stereocenters. The lowest BCUT2D eigenvalue weighted by Crippen LogP contribution is -2.18. The normalized spacial score (nSPS) is 11.0. The molecule has 0 aliphatic rings. The largest absolute Gasteiger partial charge is 0.289 e. The van der Waals surface area contributed by atoms with E-state index in [0.29, 0.717) is 16.3 Å². The Morgan fingerprint density at radius 3 is 2.68 bits per heavy atom. The minimum atomic E-state index is -0.534. The fraction of sp³-hybridized carbons (Fsp3) is 0. The van der Waals surface area contributed by atoms with Crippen LogP contribution in [0.15, 0.2) is 53.6 Å². The number of nitrogens with zero attached hydrogens (tertiary/aromatic N) is 2. The van der Waals surface area contributed by atoms with Crippen LogP contribution < -0.4 is 5.43 Å². The summed E-state index contributed by atoms with van der Waals surface area (Å²) in [5.74, 6) is -1.07. The van der Waals surface area contributed by atoms with E-state index in [4.69, 9.17) is 23.2 Å². The van der Waals surface area contributed by atoms with Gasteiger partial charge in [0.1, 0.15) is 11.5 Å². The van der Waals surface area contributed by atoms with Crippen molar-refractivity contribution in [3.8, 4) is 11.3 Å². The number of H-pyrrole nitrogens is 1. The Balaban J connectivity index is 1.73. The molecule has 1 aromatic heterocycles. The summed E-state index contributed by atoms with van der Waals surface area (Å²) in [5, 5.41) is 11.1. The number of aromatic nitrogens is 2. The van der Waals surface area contributed by atoms with Gasteiger partial charge >= 0.3 is 0 Å². The molecule has 0 bridgehead atoms. The summed E-state index contributed by atoms with van der Waals surface area (Å²) in [6, 6.07) is 12.9. The molecule has 0 atom stereocenters. The van der Waals surface area contributed by atoms with Crippen molar-refractivity contribution in [1.29, 1.82) is 0 Å². The Morgan fingerprint density at radius 1 is 1.16 bits per heavy atom. The van der Waals surface area contributed by atoms with E-state index in [9.17, 15) is 9.18 Å². The van der Waals surface area contributed by atoms with Gasteiger partial charge in [0.15, 0.2) is 0 Å². The number of halogens is 3.